The molecule has 2 aliphatic rings. The highest BCUT2D eigenvalue weighted by Crippen LogP contribution is 2.45. The third-order valence-corrected chi connectivity index (χ3v) is 4.39. The van der Waals surface area contributed by atoms with E-state index in [0.29, 0.717) is 18.3 Å². The lowest BCUT2D eigenvalue weighted by molar-refractivity contribution is -0.124. The molecule has 4 heteroatoms. The van der Waals surface area contributed by atoms with Gasteiger partial charge in [0.1, 0.15) is 0 Å². The maximum absolute atomic E-state index is 11.5. The fourth-order valence-corrected chi connectivity index (χ4v) is 3.45. The Hall–Kier alpha value is -1.71. The van der Waals surface area contributed by atoms with Crippen molar-refractivity contribution in [1.82, 2.24) is 5.32 Å². The van der Waals surface area contributed by atoms with E-state index in [9.17, 15) is 4.79 Å². The van der Waals surface area contributed by atoms with Gasteiger partial charge in [-0.05, 0) is 30.4 Å². The molecular formula is C15H19NO3. The van der Waals surface area contributed by atoms with Crippen LogP contribution in [0, 0.1) is 5.92 Å². The van der Waals surface area contributed by atoms with Crippen LogP contribution in [0.15, 0.2) is 12.1 Å². The number of amides is 1. The first kappa shape index (κ1) is 12.3. The van der Waals surface area contributed by atoms with Gasteiger partial charge in [0, 0.05) is 24.4 Å². The molecule has 0 spiro atoms. The van der Waals surface area contributed by atoms with Crippen molar-refractivity contribution in [3.8, 4) is 11.5 Å². The average molecular weight is 261 g/mol. The lowest BCUT2D eigenvalue weighted by atomic mass is 9.71. The Labute approximate surface area is 113 Å². The van der Waals surface area contributed by atoms with Gasteiger partial charge in [-0.1, -0.05) is 6.07 Å². The number of benzene rings is 1. The summed E-state index contributed by atoms with van der Waals surface area (Å²) in [6.07, 6.45) is 2.66. The summed E-state index contributed by atoms with van der Waals surface area (Å²) in [4.78, 5) is 11.5. The highest BCUT2D eigenvalue weighted by molar-refractivity contribution is 5.77. The van der Waals surface area contributed by atoms with Crippen LogP contribution in [0.1, 0.15) is 29.9 Å². The van der Waals surface area contributed by atoms with Crippen molar-refractivity contribution < 1.29 is 14.3 Å². The third-order valence-electron chi connectivity index (χ3n) is 4.39. The lowest BCUT2D eigenvalue weighted by Gasteiger charge is -2.37. The van der Waals surface area contributed by atoms with E-state index in [2.05, 4.69) is 11.4 Å². The second kappa shape index (κ2) is 4.76. The minimum Gasteiger partial charge on any atom is -0.493 e. The van der Waals surface area contributed by atoms with E-state index in [1.807, 2.05) is 6.07 Å². The maximum atomic E-state index is 11.5. The van der Waals surface area contributed by atoms with Crippen LogP contribution in [0.5, 0.6) is 11.5 Å². The van der Waals surface area contributed by atoms with Crippen LogP contribution in [0.25, 0.3) is 0 Å². The summed E-state index contributed by atoms with van der Waals surface area (Å²) in [7, 11) is 3.35. The van der Waals surface area contributed by atoms with E-state index < -0.39 is 0 Å². The molecular weight excluding hydrogens is 242 g/mol. The van der Waals surface area contributed by atoms with Gasteiger partial charge in [0.05, 0.1) is 14.2 Å². The van der Waals surface area contributed by atoms with Gasteiger partial charge in [0.2, 0.25) is 5.91 Å². The van der Waals surface area contributed by atoms with Gasteiger partial charge in [-0.25, -0.2) is 0 Å². The molecule has 102 valence electrons. The molecule has 1 aromatic rings. The Morgan fingerprint density at radius 3 is 2.84 bits per heavy atom. The van der Waals surface area contributed by atoms with Gasteiger partial charge in [-0.15, -0.1) is 0 Å². The van der Waals surface area contributed by atoms with E-state index in [-0.39, 0.29) is 5.91 Å². The first-order valence-corrected chi connectivity index (χ1v) is 6.75. The fraction of sp³-hybridized carbons (Fsp3) is 0.533. The number of methoxy groups -OCH3 is 2. The van der Waals surface area contributed by atoms with Crippen LogP contribution in [-0.2, 0) is 11.2 Å². The zero-order valence-corrected chi connectivity index (χ0v) is 11.4. The quantitative estimate of drug-likeness (QED) is 0.884. The predicted octanol–water partition coefficient (Wildman–Crippen LogP) is 1.87. The second-order valence-corrected chi connectivity index (χ2v) is 5.28. The molecule has 0 saturated carbocycles. The van der Waals surface area contributed by atoms with Crippen molar-refractivity contribution in [1.29, 1.82) is 0 Å². The van der Waals surface area contributed by atoms with E-state index in [0.717, 1.165) is 30.9 Å². The second-order valence-electron chi connectivity index (χ2n) is 5.28. The molecule has 0 bridgehead atoms. The number of hydrogen-bond acceptors (Lipinski definition) is 3. The molecule has 1 amide bonds. The number of carbonyl (C=O) groups is 1. The molecule has 0 radical (unpaired) electrons. The summed E-state index contributed by atoms with van der Waals surface area (Å²) in [6, 6.07) is 4.10. The Kier molecular flexibility index (Phi) is 3.09. The number of nitrogens with one attached hydrogen (secondary N) is 1. The molecule has 1 N–H and O–H groups in total. The van der Waals surface area contributed by atoms with Gasteiger partial charge in [0.15, 0.2) is 11.5 Å². The molecule has 1 saturated heterocycles. The van der Waals surface area contributed by atoms with Crippen molar-refractivity contribution in [2.24, 2.45) is 5.92 Å². The van der Waals surface area contributed by atoms with Crippen molar-refractivity contribution >= 4 is 5.91 Å². The summed E-state index contributed by atoms with van der Waals surface area (Å²) in [5.74, 6) is 2.72. The molecule has 1 heterocycles. The number of fused-ring (bicyclic) bond motifs is 3. The van der Waals surface area contributed by atoms with Crippen molar-refractivity contribution in [2.45, 2.75) is 25.2 Å². The van der Waals surface area contributed by atoms with E-state index >= 15 is 0 Å². The first-order valence-electron chi connectivity index (χ1n) is 6.75. The van der Waals surface area contributed by atoms with Crippen molar-refractivity contribution in [3.63, 3.8) is 0 Å². The summed E-state index contributed by atoms with van der Waals surface area (Å²) in [5.41, 5.74) is 2.56. The number of carbonyl (C=O) groups excluding carboxylic acids is 1. The van der Waals surface area contributed by atoms with E-state index in [1.54, 1.807) is 14.2 Å². The summed E-state index contributed by atoms with van der Waals surface area (Å²) in [5, 5.41) is 2.98. The zero-order valence-electron chi connectivity index (χ0n) is 11.4. The van der Waals surface area contributed by atoms with Gasteiger partial charge < -0.3 is 14.8 Å². The number of piperidine rings is 1. The molecule has 2 unspecified atom stereocenters. The molecule has 0 aromatic heterocycles. The molecule has 4 nitrogen and oxygen atoms in total. The monoisotopic (exact) mass is 261 g/mol. The van der Waals surface area contributed by atoms with Crippen LogP contribution in [-0.4, -0.2) is 26.7 Å². The van der Waals surface area contributed by atoms with Crippen molar-refractivity contribution in [2.75, 3.05) is 20.8 Å². The highest BCUT2D eigenvalue weighted by Gasteiger charge is 2.36. The van der Waals surface area contributed by atoms with Gasteiger partial charge in [-0.3, -0.25) is 4.79 Å². The summed E-state index contributed by atoms with van der Waals surface area (Å²) in [6.45, 7) is 0.742. The van der Waals surface area contributed by atoms with E-state index in [1.165, 1.54) is 11.1 Å². The van der Waals surface area contributed by atoms with Gasteiger partial charge >= 0.3 is 0 Å². The Bertz CT molecular complexity index is 512. The Morgan fingerprint density at radius 2 is 2.11 bits per heavy atom. The number of ether oxygens (including phenoxy) is 2. The van der Waals surface area contributed by atoms with Gasteiger partial charge in [-0.2, -0.15) is 0 Å². The summed E-state index contributed by atoms with van der Waals surface area (Å²) >= 11 is 0. The summed E-state index contributed by atoms with van der Waals surface area (Å²) < 4.78 is 10.9. The van der Waals surface area contributed by atoms with Gasteiger partial charge in [0.25, 0.3) is 0 Å². The standard InChI is InChI=1S/C15H19NO3/c1-18-13-6-5-10-11(15(13)19-2)4-3-9-7-14(17)16-8-12(9)10/h5-6,9,12H,3-4,7-8H2,1-2H3,(H,16,17). The van der Waals surface area contributed by atoms with Crippen LogP contribution >= 0.6 is 0 Å². The minimum atomic E-state index is 0.185. The number of rotatable bonds is 2. The van der Waals surface area contributed by atoms with Crippen LogP contribution < -0.4 is 14.8 Å². The molecule has 19 heavy (non-hydrogen) atoms. The van der Waals surface area contributed by atoms with Crippen LogP contribution in [0.3, 0.4) is 0 Å². The highest BCUT2D eigenvalue weighted by atomic mass is 16.5. The predicted molar refractivity (Wildman–Crippen MR) is 71.7 cm³/mol. The molecule has 1 aromatic carbocycles. The Morgan fingerprint density at radius 1 is 1.26 bits per heavy atom. The molecule has 1 fully saturated rings. The average Bonchev–Trinajstić information content (AvgIpc) is 2.45. The van der Waals surface area contributed by atoms with Crippen molar-refractivity contribution in [3.05, 3.63) is 23.3 Å². The molecule has 1 aliphatic carbocycles. The largest absolute Gasteiger partial charge is 0.493 e. The topological polar surface area (TPSA) is 47.6 Å². The van der Waals surface area contributed by atoms with E-state index in [4.69, 9.17) is 9.47 Å². The molecule has 1 aliphatic heterocycles. The smallest absolute Gasteiger partial charge is 0.220 e. The third kappa shape index (κ3) is 1.95. The maximum Gasteiger partial charge on any atom is 0.220 e. The van der Waals surface area contributed by atoms with Crippen LogP contribution in [0.4, 0.5) is 0 Å². The fourth-order valence-electron chi connectivity index (χ4n) is 3.45. The van der Waals surface area contributed by atoms with Crippen LogP contribution in [0.2, 0.25) is 0 Å². The molecule has 2 atom stereocenters. The minimum absolute atomic E-state index is 0.185. The first-order chi connectivity index (χ1) is 9.24. The number of hydrogen-bond donors (Lipinski definition) is 1. The normalized spacial score (nSPS) is 25.1. The Balaban J connectivity index is 2.02. The lowest BCUT2D eigenvalue weighted by Crippen LogP contribution is -2.41. The molecule has 3 rings (SSSR count). The zero-order chi connectivity index (χ0) is 13.4. The SMILES string of the molecule is COc1ccc2c(c1OC)CCC1CC(=O)NCC21.